The van der Waals surface area contributed by atoms with Crippen LogP contribution in [0.25, 0.3) is 6.08 Å². The predicted octanol–water partition coefficient (Wildman–Crippen LogP) is 4.54. The van der Waals surface area contributed by atoms with Gasteiger partial charge in [0.05, 0.1) is 0 Å². The van der Waals surface area contributed by atoms with Gasteiger partial charge in [0.2, 0.25) is 0 Å². The molecule has 0 aliphatic rings. The van der Waals surface area contributed by atoms with Gasteiger partial charge < -0.3 is 5.11 Å². The van der Waals surface area contributed by atoms with Gasteiger partial charge in [0.1, 0.15) is 5.75 Å². The van der Waals surface area contributed by atoms with Gasteiger partial charge in [-0.3, -0.25) is 0 Å². The summed E-state index contributed by atoms with van der Waals surface area (Å²) in [6, 6.07) is 7.30. The first-order valence-corrected chi connectivity index (χ1v) is 5.67. The molecule has 0 fully saturated rings. The average Bonchev–Trinajstić information content (AvgIpc) is 2.21. The third kappa shape index (κ3) is 4.83. The van der Waals surface area contributed by atoms with Crippen LogP contribution in [0.2, 0.25) is 0 Å². The van der Waals surface area contributed by atoms with Crippen molar-refractivity contribution in [3.63, 3.8) is 0 Å². The van der Waals surface area contributed by atoms with Crippen LogP contribution in [0.1, 0.15) is 39.2 Å². The lowest BCUT2D eigenvalue weighted by Gasteiger charge is -2.00. The molecule has 0 atom stereocenters. The van der Waals surface area contributed by atoms with E-state index in [0.717, 1.165) is 18.4 Å². The van der Waals surface area contributed by atoms with Gasteiger partial charge in [0.25, 0.3) is 0 Å². The topological polar surface area (TPSA) is 20.2 Å². The lowest BCUT2D eigenvalue weighted by Crippen LogP contribution is -1.78. The molecule has 0 amide bonds. The van der Waals surface area contributed by atoms with E-state index in [4.69, 9.17) is 5.11 Å². The van der Waals surface area contributed by atoms with Crippen LogP contribution >= 0.6 is 0 Å². The van der Waals surface area contributed by atoms with Crippen molar-refractivity contribution in [2.75, 3.05) is 0 Å². The monoisotopic (exact) mass is 216 g/mol. The maximum Gasteiger partial charge on any atom is 0.115 e. The molecule has 0 bridgehead atoms. The minimum atomic E-state index is 0.319. The van der Waals surface area contributed by atoms with E-state index in [-0.39, 0.29) is 0 Å². The van der Waals surface area contributed by atoms with Crippen molar-refractivity contribution in [3.8, 4) is 5.75 Å². The van der Waals surface area contributed by atoms with Gasteiger partial charge in [0, 0.05) is 0 Å². The van der Waals surface area contributed by atoms with Crippen LogP contribution in [0, 0.1) is 0 Å². The zero-order valence-corrected chi connectivity index (χ0v) is 10.3. The maximum atomic E-state index is 9.16. The molecular formula is C15H20O. The Bertz CT molecular complexity index is 378. The molecule has 0 saturated carbocycles. The highest BCUT2D eigenvalue weighted by molar-refractivity contribution is 5.53. The Kier molecular flexibility index (Phi) is 4.84. The molecule has 1 aromatic rings. The number of phenols is 1. The first kappa shape index (κ1) is 12.6. The minimum absolute atomic E-state index is 0.319. The average molecular weight is 216 g/mol. The second-order valence-electron chi connectivity index (χ2n) is 4.40. The zero-order chi connectivity index (χ0) is 12.0. The van der Waals surface area contributed by atoms with Crippen LogP contribution in [0.15, 0.2) is 41.5 Å². The Balaban J connectivity index is 2.56. The second-order valence-corrected chi connectivity index (χ2v) is 4.40. The highest BCUT2D eigenvalue weighted by Crippen LogP contribution is 2.15. The fraction of sp³-hybridized carbons (Fsp3) is 0.333. The molecule has 0 radical (unpaired) electrons. The van der Waals surface area contributed by atoms with Crippen molar-refractivity contribution in [1.29, 1.82) is 0 Å². The Morgan fingerprint density at radius 3 is 2.31 bits per heavy atom. The number of phenolic OH excluding ortho intramolecular Hbond substituents is 1. The number of hydrogen-bond acceptors (Lipinski definition) is 1. The number of aromatic hydroxyl groups is 1. The first-order chi connectivity index (χ1) is 7.58. The van der Waals surface area contributed by atoms with Gasteiger partial charge in [-0.2, -0.15) is 0 Å². The van der Waals surface area contributed by atoms with E-state index in [0.29, 0.717) is 5.75 Å². The van der Waals surface area contributed by atoms with Crippen LogP contribution < -0.4 is 0 Å². The van der Waals surface area contributed by atoms with Crippen LogP contribution in [-0.2, 0) is 0 Å². The Morgan fingerprint density at radius 1 is 1.12 bits per heavy atom. The summed E-state index contributed by atoms with van der Waals surface area (Å²) in [6.07, 6.45) is 6.61. The van der Waals surface area contributed by atoms with Gasteiger partial charge in [-0.25, -0.2) is 0 Å². The molecule has 0 aliphatic heterocycles. The fourth-order valence-electron chi connectivity index (χ4n) is 1.52. The van der Waals surface area contributed by atoms with E-state index in [1.54, 1.807) is 12.1 Å². The van der Waals surface area contributed by atoms with E-state index in [9.17, 15) is 0 Å². The van der Waals surface area contributed by atoms with Crippen LogP contribution in [0.3, 0.4) is 0 Å². The molecule has 0 aliphatic carbocycles. The highest BCUT2D eigenvalue weighted by Gasteiger charge is 1.92. The molecule has 0 aromatic heterocycles. The van der Waals surface area contributed by atoms with Crippen molar-refractivity contribution in [1.82, 2.24) is 0 Å². The van der Waals surface area contributed by atoms with Crippen molar-refractivity contribution in [2.45, 2.75) is 33.6 Å². The Labute approximate surface area is 98.1 Å². The van der Waals surface area contributed by atoms with Crippen molar-refractivity contribution >= 4 is 6.08 Å². The molecule has 1 N–H and O–H groups in total. The number of allylic oxidation sites excluding steroid dienone is 3. The van der Waals surface area contributed by atoms with Crippen LogP contribution in [-0.4, -0.2) is 5.11 Å². The standard InChI is InChI=1S/C15H20O/c1-12(2)5-4-6-13(3)11-14-7-9-15(16)10-8-14/h5,7-11,16H,4,6H2,1-3H3. The molecule has 1 heteroatoms. The summed E-state index contributed by atoms with van der Waals surface area (Å²) in [5.41, 5.74) is 3.88. The van der Waals surface area contributed by atoms with Gasteiger partial charge in [-0.15, -0.1) is 0 Å². The molecule has 86 valence electrons. The SMILES string of the molecule is CC(C)=CCCC(C)=Cc1ccc(O)cc1. The fourth-order valence-corrected chi connectivity index (χ4v) is 1.52. The van der Waals surface area contributed by atoms with E-state index in [2.05, 4.69) is 32.9 Å². The summed E-state index contributed by atoms with van der Waals surface area (Å²) in [5.74, 6) is 0.319. The third-order valence-electron chi connectivity index (χ3n) is 2.40. The first-order valence-electron chi connectivity index (χ1n) is 5.67. The van der Waals surface area contributed by atoms with E-state index >= 15 is 0 Å². The van der Waals surface area contributed by atoms with E-state index in [1.165, 1.54) is 11.1 Å². The molecule has 1 aromatic carbocycles. The van der Waals surface area contributed by atoms with Crippen molar-refractivity contribution in [2.24, 2.45) is 0 Å². The summed E-state index contributed by atoms with van der Waals surface area (Å²) < 4.78 is 0. The zero-order valence-electron chi connectivity index (χ0n) is 10.3. The smallest absolute Gasteiger partial charge is 0.115 e. The largest absolute Gasteiger partial charge is 0.508 e. The molecule has 0 heterocycles. The molecule has 16 heavy (non-hydrogen) atoms. The van der Waals surface area contributed by atoms with Crippen molar-refractivity contribution < 1.29 is 5.11 Å². The molecular weight excluding hydrogens is 196 g/mol. The number of benzene rings is 1. The third-order valence-corrected chi connectivity index (χ3v) is 2.40. The summed E-state index contributed by atoms with van der Waals surface area (Å²) in [6.45, 7) is 6.39. The quantitative estimate of drug-likeness (QED) is 0.732. The summed E-state index contributed by atoms with van der Waals surface area (Å²) in [7, 11) is 0. The Morgan fingerprint density at radius 2 is 1.75 bits per heavy atom. The summed E-state index contributed by atoms with van der Waals surface area (Å²) in [4.78, 5) is 0. The molecule has 0 unspecified atom stereocenters. The van der Waals surface area contributed by atoms with E-state index in [1.807, 2.05) is 12.1 Å². The van der Waals surface area contributed by atoms with Crippen LogP contribution in [0.5, 0.6) is 5.75 Å². The number of hydrogen-bond donors (Lipinski definition) is 1. The lowest BCUT2D eigenvalue weighted by molar-refractivity contribution is 0.475. The predicted molar refractivity (Wildman–Crippen MR) is 70.4 cm³/mol. The molecule has 0 spiro atoms. The minimum Gasteiger partial charge on any atom is -0.508 e. The van der Waals surface area contributed by atoms with Crippen molar-refractivity contribution in [3.05, 3.63) is 47.1 Å². The van der Waals surface area contributed by atoms with Gasteiger partial charge in [0.15, 0.2) is 0 Å². The summed E-state index contributed by atoms with van der Waals surface area (Å²) >= 11 is 0. The summed E-state index contributed by atoms with van der Waals surface area (Å²) in [5, 5.41) is 9.16. The Hall–Kier alpha value is -1.50. The van der Waals surface area contributed by atoms with Gasteiger partial charge in [-0.1, -0.05) is 35.4 Å². The van der Waals surface area contributed by atoms with Gasteiger partial charge in [-0.05, 0) is 51.3 Å². The van der Waals surface area contributed by atoms with Crippen LogP contribution in [0.4, 0.5) is 0 Å². The highest BCUT2D eigenvalue weighted by atomic mass is 16.3. The van der Waals surface area contributed by atoms with Gasteiger partial charge >= 0.3 is 0 Å². The molecule has 0 saturated heterocycles. The maximum absolute atomic E-state index is 9.16. The second kappa shape index (κ2) is 6.16. The van der Waals surface area contributed by atoms with E-state index < -0.39 is 0 Å². The molecule has 1 nitrogen and oxygen atoms in total. The normalized spacial score (nSPS) is 11.3. The molecule has 1 rings (SSSR count). The number of rotatable bonds is 4. The lowest BCUT2D eigenvalue weighted by atomic mass is 10.1.